The molecule has 0 spiro atoms. The topological polar surface area (TPSA) is 26.9 Å². The highest BCUT2D eigenvalue weighted by atomic mass is 127. The second-order valence-corrected chi connectivity index (χ2v) is 5.61. The zero-order valence-electron chi connectivity index (χ0n) is 7.91. The highest BCUT2D eigenvalue weighted by Crippen LogP contribution is 2.27. The minimum absolute atomic E-state index is 0.0601. The molecule has 0 unspecified atom stereocenters. The lowest BCUT2D eigenvalue weighted by Gasteiger charge is -2.05. The number of rotatable bonds is 2. The Hall–Kier alpha value is 0.0500. The first-order chi connectivity index (χ1) is 7.19. The average molecular weight is 399 g/mol. The van der Waals surface area contributed by atoms with Gasteiger partial charge in [-0.3, -0.25) is 8.77 Å². The number of hydrogen-bond donors (Lipinski definition) is 0. The molecule has 0 atom stereocenters. The Labute approximate surface area is 112 Å². The SMILES string of the molecule is CCn1cc(Br)c2ccn(SI)c2c1=O. The molecule has 0 saturated heterocycles. The van der Waals surface area contributed by atoms with Crippen LogP contribution in [0.2, 0.25) is 0 Å². The van der Waals surface area contributed by atoms with Crippen molar-refractivity contribution in [3.63, 3.8) is 0 Å². The molecule has 0 N–H and O–H groups in total. The third-order valence-corrected chi connectivity index (χ3v) is 4.62. The van der Waals surface area contributed by atoms with E-state index in [4.69, 9.17) is 0 Å². The Morgan fingerprint density at radius 1 is 1.60 bits per heavy atom. The molecule has 15 heavy (non-hydrogen) atoms. The second-order valence-electron chi connectivity index (χ2n) is 3.04. The van der Waals surface area contributed by atoms with E-state index in [1.54, 1.807) is 4.57 Å². The first-order valence-corrected chi connectivity index (χ1v) is 8.49. The second kappa shape index (κ2) is 4.50. The van der Waals surface area contributed by atoms with Crippen molar-refractivity contribution >= 4 is 57.2 Å². The fraction of sp³-hybridized carbons (Fsp3) is 0.222. The van der Waals surface area contributed by atoms with Crippen molar-refractivity contribution in [3.8, 4) is 0 Å². The predicted octanol–water partition coefficient (Wildman–Crippen LogP) is 3.43. The highest BCUT2D eigenvalue weighted by molar-refractivity contribution is 14.2. The van der Waals surface area contributed by atoms with Crippen molar-refractivity contribution in [1.82, 2.24) is 8.54 Å². The molecule has 0 bridgehead atoms. The van der Waals surface area contributed by atoms with E-state index in [0.717, 1.165) is 15.4 Å². The van der Waals surface area contributed by atoms with Gasteiger partial charge < -0.3 is 4.57 Å². The first kappa shape index (κ1) is 11.5. The Kier molecular flexibility index (Phi) is 3.46. The maximum absolute atomic E-state index is 12.1. The molecule has 0 saturated carbocycles. The lowest BCUT2D eigenvalue weighted by molar-refractivity contribution is 0.730. The normalized spacial score (nSPS) is 11.1. The van der Waals surface area contributed by atoms with Crippen LogP contribution in [0.25, 0.3) is 10.9 Å². The summed E-state index contributed by atoms with van der Waals surface area (Å²) in [4.78, 5) is 12.1. The van der Waals surface area contributed by atoms with Gasteiger partial charge in [0.2, 0.25) is 0 Å². The molecule has 2 heterocycles. The fourth-order valence-corrected chi connectivity index (χ4v) is 3.41. The summed E-state index contributed by atoms with van der Waals surface area (Å²) in [6.07, 6.45) is 3.75. The smallest absolute Gasteiger partial charge is 0.276 e. The molecule has 0 aliphatic rings. The van der Waals surface area contributed by atoms with Crippen LogP contribution in [-0.4, -0.2) is 8.54 Å². The summed E-state index contributed by atoms with van der Waals surface area (Å²) in [5.74, 6) is 0. The van der Waals surface area contributed by atoms with Crippen LogP contribution in [0.15, 0.2) is 27.7 Å². The van der Waals surface area contributed by atoms with Crippen LogP contribution in [0.3, 0.4) is 0 Å². The molecule has 6 heteroatoms. The number of aromatic nitrogens is 2. The van der Waals surface area contributed by atoms with E-state index in [-0.39, 0.29) is 5.56 Å². The third kappa shape index (κ3) is 1.87. The van der Waals surface area contributed by atoms with Gasteiger partial charge in [0, 0.05) is 59.1 Å². The van der Waals surface area contributed by atoms with E-state index >= 15 is 0 Å². The summed E-state index contributed by atoms with van der Waals surface area (Å²) in [6, 6.07) is 1.95. The highest BCUT2D eigenvalue weighted by Gasteiger charge is 2.10. The van der Waals surface area contributed by atoms with Gasteiger partial charge in [0.05, 0.1) is 0 Å². The number of pyridine rings is 1. The summed E-state index contributed by atoms with van der Waals surface area (Å²) in [5.41, 5.74) is 0.801. The van der Waals surface area contributed by atoms with Crippen molar-refractivity contribution in [2.24, 2.45) is 0 Å². The van der Waals surface area contributed by atoms with Crippen LogP contribution in [-0.2, 0) is 6.54 Å². The van der Waals surface area contributed by atoms with E-state index < -0.39 is 0 Å². The first-order valence-electron chi connectivity index (χ1n) is 4.38. The third-order valence-electron chi connectivity index (χ3n) is 2.26. The molecule has 0 aliphatic carbocycles. The maximum Gasteiger partial charge on any atom is 0.276 e. The molecule has 0 amide bonds. The molecule has 0 fully saturated rings. The van der Waals surface area contributed by atoms with E-state index in [1.165, 1.54) is 9.12 Å². The molecule has 2 aromatic heterocycles. The van der Waals surface area contributed by atoms with Gasteiger partial charge in [-0.05, 0) is 28.9 Å². The lowest BCUT2D eigenvalue weighted by atomic mass is 10.3. The van der Waals surface area contributed by atoms with Crippen LogP contribution < -0.4 is 5.56 Å². The van der Waals surface area contributed by atoms with Gasteiger partial charge in [-0.25, -0.2) is 0 Å². The molecule has 0 radical (unpaired) electrons. The Morgan fingerprint density at radius 3 is 2.93 bits per heavy atom. The summed E-state index contributed by atoms with van der Waals surface area (Å²) in [6.45, 7) is 2.65. The van der Waals surface area contributed by atoms with Gasteiger partial charge in [0.25, 0.3) is 5.56 Å². The molecule has 0 aliphatic heterocycles. The van der Waals surface area contributed by atoms with Gasteiger partial charge in [0.1, 0.15) is 5.52 Å². The Morgan fingerprint density at radius 2 is 2.33 bits per heavy atom. The minimum atomic E-state index is 0.0601. The van der Waals surface area contributed by atoms with Gasteiger partial charge in [0.15, 0.2) is 0 Å². The zero-order chi connectivity index (χ0) is 11.0. The zero-order valence-corrected chi connectivity index (χ0v) is 12.5. The Bertz CT molecular complexity index is 563. The average Bonchev–Trinajstić information content (AvgIpc) is 2.67. The van der Waals surface area contributed by atoms with Gasteiger partial charge in [-0.15, -0.1) is 0 Å². The van der Waals surface area contributed by atoms with E-state index in [2.05, 4.69) is 37.1 Å². The molecule has 2 aromatic rings. The molecule has 3 nitrogen and oxygen atoms in total. The fourth-order valence-electron chi connectivity index (χ4n) is 1.51. The maximum atomic E-state index is 12.1. The summed E-state index contributed by atoms with van der Waals surface area (Å²) in [7, 11) is 1.50. The van der Waals surface area contributed by atoms with E-state index in [9.17, 15) is 4.79 Å². The van der Waals surface area contributed by atoms with Crippen molar-refractivity contribution < 1.29 is 0 Å². The van der Waals surface area contributed by atoms with Gasteiger partial charge in [-0.1, -0.05) is 0 Å². The van der Waals surface area contributed by atoms with Crippen LogP contribution in [0, 0.1) is 0 Å². The van der Waals surface area contributed by atoms with Crippen molar-refractivity contribution in [1.29, 1.82) is 0 Å². The molecular weight excluding hydrogens is 391 g/mol. The van der Waals surface area contributed by atoms with Crippen LogP contribution in [0.4, 0.5) is 0 Å². The number of hydrogen-bond acceptors (Lipinski definition) is 2. The molecule has 0 aromatic carbocycles. The number of nitrogens with zero attached hydrogens (tertiary/aromatic N) is 2. The van der Waals surface area contributed by atoms with Crippen molar-refractivity contribution in [2.75, 3.05) is 0 Å². The summed E-state index contributed by atoms with van der Waals surface area (Å²) < 4.78 is 4.55. The number of halogens is 2. The predicted molar refractivity (Wildman–Crippen MR) is 76.6 cm³/mol. The largest absolute Gasteiger partial charge is 0.313 e. The number of fused-ring (bicyclic) bond motifs is 1. The molecular formula is C9H8BrIN2OS. The summed E-state index contributed by atoms with van der Waals surface area (Å²) in [5, 5.41) is 0.967. The number of aryl methyl sites for hydroxylation is 1. The van der Waals surface area contributed by atoms with Gasteiger partial charge in [-0.2, -0.15) is 0 Å². The van der Waals surface area contributed by atoms with Crippen LogP contribution in [0.5, 0.6) is 0 Å². The van der Waals surface area contributed by atoms with E-state index in [0.29, 0.717) is 6.54 Å². The lowest BCUT2D eigenvalue weighted by Crippen LogP contribution is -2.19. The molecule has 2 rings (SSSR count). The van der Waals surface area contributed by atoms with Crippen LogP contribution in [0.1, 0.15) is 6.92 Å². The standard InChI is InChI=1S/C9H8BrIN2OS/c1-2-12-5-7(10)6-3-4-13(15-11)8(6)9(12)14/h3-5H,2H2,1H3. The minimum Gasteiger partial charge on any atom is -0.313 e. The monoisotopic (exact) mass is 398 g/mol. The van der Waals surface area contributed by atoms with Crippen LogP contribution >= 0.6 is 46.3 Å². The van der Waals surface area contributed by atoms with Gasteiger partial charge >= 0.3 is 0 Å². The quantitative estimate of drug-likeness (QED) is 0.724. The Balaban J connectivity index is 2.92. The summed E-state index contributed by atoms with van der Waals surface area (Å²) >= 11 is 5.65. The van der Waals surface area contributed by atoms with Crippen molar-refractivity contribution in [3.05, 3.63) is 33.3 Å². The van der Waals surface area contributed by atoms with E-state index in [1.807, 2.05) is 29.4 Å². The van der Waals surface area contributed by atoms with Crippen molar-refractivity contribution in [2.45, 2.75) is 13.5 Å². The molecule has 80 valence electrons.